The summed E-state index contributed by atoms with van der Waals surface area (Å²) in [5, 5.41) is -0.120. The molecule has 2 heterocycles. The fourth-order valence-electron chi connectivity index (χ4n) is 1.27. The van der Waals surface area contributed by atoms with Crippen molar-refractivity contribution in [3.05, 3.63) is 5.82 Å². The van der Waals surface area contributed by atoms with E-state index in [-0.39, 0.29) is 16.6 Å². The molecule has 2 aromatic heterocycles. The molecule has 0 unspecified atom stereocenters. The molecule has 0 atom stereocenters. The van der Waals surface area contributed by atoms with Crippen molar-refractivity contribution in [3.63, 3.8) is 0 Å². The van der Waals surface area contributed by atoms with E-state index in [1.165, 1.54) is 0 Å². The Kier molecular flexibility index (Phi) is 1.90. The first kappa shape index (κ1) is 9.84. The monoisotopic (exact) mass is 227 g/mol. The van der Waals surface area contributed by atoms with Crippen LogP contribution in [0.2, 0.25) is 0 Å². The maximum absolute atomic E-state index is 11.4. The van der Waals surface area contributed by atoms with Crippen LogP contribution >= 0.6 is 0 Å². The highest BCUT2D eigenvalue weighted by molar-refractivity contribution is 7.90. The lowest BCUT2D eigenvalue weighted by Crippen LogP contribution is -2.06. The zero-order valence-corrected chi connectivity index (χ0v) is 8.96. The van der Waals surface area contributed by atoms with Gasteiger partial charge in [0.05, 0.1) is 0 Å². The van der Waals surface area contributed by atoms with Gasteiger partial charge in [-0.2, -0.15) is 9.97 Å². The highest BCUT2D eigenvalue weighted by Crippen LogP contribution is 2.18. The molecule has 0 bridgehead atoms. The highest BCUT2D eigenvalue weighted by Gasteiger charge is 2.18. The standard InChI is InChI=1S/C7H9N5O2S/c1-3-9-4-5(10-3)11-7(8)12-6(4)15(2,13)14/h1-2H3,(H3,8,9,10,11,12). The minimum absolute atomic E-state index is 0.102. The van der Waals surface area contributed by atoms with Crippen LogP contribution in [0.5, 0.6) is 0 Å². The summed E-state index contributed by atoms with van der Waals surface area (Å²) in [5.41, 5.74) is 5.95. The quantitative estimate of drug-likeness (QED) is 0.643. The van der Waals surface area contributed by atoms with E-state index in [4.69, 9.17) is 5.73 Å². The number of imidazole rings is 1. The Balaban J connectivity index is 2.94. The number of H-pyrrole nitrogens is 1. The van der Waals surface area contributed by atoms with Crippen LogP contribution in [0.4, 0.5) is 5.95 Å². The van der Waals surface area contributed by atoms with E-state index in [0.717, 1.165) is 6.26 Å². The molecule has 2 aromatic rings. The van der Waals surface area contributed by atoms with Gasteiger partial charge in [0.15, 0.2) is 20.5 Å². The van der Waals surface area contributed by atoms with E-state index < -0.39 is 9.84 Å². The van der Waals surface area contributed by atoms with E-state index in [1.807, 2.05) is 0 Å². The number of hydrogen-bond acceptors (Lipinski definition) is 6. The zero-order valence-electron chi connectivity index (χ0n) is 8.14. The van der Waals surface area contributed by atoms with Crippen LogP contribution in [-0.2, 0) is 9.84 Å². The van der Waals surface area contributed by atoms with Gasteiger partial charge in [0, 0.05) is 6.26 Å². The summed E-state index contributed by atoms with van der Waals surface area (Å²) in [6, 6.07) is 0. The van der Waals surface area contributed by atoms with Crippen molar-refractivity contribution in [2.75, 3.05) is 12.0 Å². The smallest absolute Gasteiger partial charge is 0.223 e. The topological polar surface area (TPSA) is 115 Å². The van der Waals surface area contributed by atoms with E-state index in [2.05, 4.69) is 19.9 Å². The van der Waals surface area contributed by atoms with Gasteiger partial charge < -0.3 is 10.7 Å². The molecule has 2 rings (SSSR count). The Morgan fingerprint density at radius 1 is 1.27 bits per heavy atom. The van der Waals surface area contributed by atoms with Crippen molar-refractivity contribution >= 4 is 26.9 Å². The number of nitrogen functional groups attached to an aromatic ring is 1. The van der Waals surface area contributed by atoms with Gasteiger partial charge in [0.2, 0.25) is 5.95 Å². The summed E-state index contributed by atoms with van der Waals surface area (Å²) in [4.78, 5) is 14.3. The number of fused-ring (bicyclic) bond motifs is 1. The normalized spacial score (nSPS) is 12.1. The van der Waals surface area contributed by atoms with Crippen LogP contribution in [0, 0.1) is 6.92 Å². The number of nitrogens with zero attached hydrogens (tertiary/aromatic N) is 3. The lowest BCUT2D eigenvalue weighted by molar-refractivity contribution is 0.599. The second kappa shape index (κ2) is 2.89. The van der Waals surface area contributed by atoms with Crippen molar-refractivity contribution in [2.24, 2.45) is 0 Å². The van der Waals surface area contributed by atoms with Gasteiger partial charge in [-0.3, -0.25) is 0 Å². The molecule has 0 aliphatic heterocycles. The molecular formula is C7H9N5O2S. The van der Waals surface area contributed by atoms with Crippen molar-refractivity contribution in [3.8, 4) is 0 Å². The maximum Gasteiger partial charge on any atom is 0.223 e. The molecule has 0 aliphatic carbocycles. The lowest BCUT2D eigenvalue weighted by atomic mass is 10.5. The molecule has 7 nitrogen and oxygen atoms in total. The molecule has 0 aliphatic rings. The minimum Gasteiger partial charge on any atom is -0.368 e. The van der Waals surface area contributed by atoms with Crippen molar-refractivity contribution < 1.29 is 8.42 Å². The molecule has 8 heteroatoms. The molecule has 3 N–H and O–H groups in total. The Bertz CT molecular complexity index is 630. The Morgan fingerprint density at radius 2 is 1.93 bits per heavy atom. The van der Waals surface area contributed by atoms with Gasteiger partial charge in [-0.1, -0.05) is 0 Å². The third kappa shape index (κ3) is 1.63. The summed E-state index contributed by atoms with van der Waals surface area (Å²) >= 11 is 0. The molecule has 0 fully saturated rings. The number of aromatic nitrogens is 4. The number of nitrogens with two attached hydrogens (primary N) is 1. The number of aromatic amines is 1. The molecule has 0 amide bonds. The SMILES string of the molecule is Cc1nc2nc(N)nc(S(C)(=O)=O)c2[nH]1. The zero-order chi connectivity index (χ0) is 11.2. The number of rotatable bonds is 1. The van der Waals surface area contributed by atoms with Gasteiger partial charge >= 0.3 is 0 Å². The first-order chi connectivity index (χ1) is 6.88. The third-order valence-electron chi connectivity index (χ3n) is 1.80. The van der Waals surface area contributed by atoms with Crippen molar-refractivity contribution in [1.29, 1.82) is 0 Å². The molecule has 0 aromatic carbocycles. The molecule has 0 spiro atoms. The lowest BCUT2D eigenvalue weighted by Gasteiger charge is -1.99. The van der Waals surface area contributed by atoms with Crippen LogP contribution in [0.3, 0.4) is 0 Å². The fourth-order valence-corrected chi connectivity index (χ4v) is 2.04. The Labute approximate surface area is 85.7 Å². The maximum atomic E-state index is 11.4. The van der Waals surface area contributed by atoms with E-state index in [0.29, 0.717) is 11.3 Å². The number of anilines is 1. The van der Waals surface area contributed by atoms with Gasteiger partial charge in [0.25, 0.3) is 0 Å². The van der Waals surface area contributed by atoms with Gasteiger partial charge in [-0.05, 0) is 6.92 Å². The number of nitrogens with one attached hydrogen (secondary N) is 1. The van der Waals surface area contributed by atoms with Gasteiger partial charge in [0.1, 0.15) is 11.3 Å². The van der Waals surface area contributed by atoms with Crippen LogP contribution in [0.15, 0.2) is 5.03 Å². The Hall–Kier alpha value is -1.70. The fraction of sp³-hybridized carbons (Fsp3) is 0.286. The molecule has 0 saturated heterocycles. The van der Waals surface area contributed by atoms with Crippen LogP contribution in [0.1, 0.15) is 5.82 Å². The van der Waals surface area contributed by atoms with E-state index in [1.54, 1.807) is 6.92 Å². The second-order valence-electron chi connectivity index (χ2n) is 3.18. The Morgan fingerprint density at radius 3 is 2.53 bits per heavy atom. The second-order valence-corrected chi connectivity index (χ2v) is 5.11. The third-order valence-corrected chi connectivity index (χ3v) is 2.80. The largest absolute Gasteiger partial charge is 0.368 e. The summed E-state index contributed by atoms with van der Waals surface area (Å²) in [7, 11) is -3.44. The number of hydrogen-bond donors (Lipinski definition) is 2. The highest BCUT2D eigenvalue weighted by atomic mass is 32.2. The summed E-state index contributed by atoms with van der Waals surface area (Å²) in [5.74, 6) is 0.462. The average molecular weight is 227 g/mol. The van der Waals surface area contributed by atoms with Crippen LogP contribution in [0.25, 0.3) is 11.2 Å². The molecule has 80 valence electrons. The molecular weight excluding hydrogens is 218 g/mol. The predicted molar refractivity (Wildman–Crippen MR) is 53.9 cm³/mol. The van der Waals surface area contributed by atoms with Gasteiger partial charge in [-0.25, -0.2) is 13.4 Å². The summed E-state index contributed by atoms with van der Waals surface area (Å²) in [6.07, 6.45) is 1.06. The molecule has 0 saturated carbocycles. The minimum atomic E-state index is -3.44. The first-order valence-electron chi connectivity index (χ1n) is 4.08. The summed E-state index contributed by atoms with van der Waals surface area (Å²) < 4.78 is 22.8. The number of aryl methyl sites for hydroxylation is 1. The van der Waals surface area contributed by atoms with E-state index >= 15 is 0 Å². The van der Waals surface area contributed by atoms with Crippen LogP contribution < -0.4 is 5.73 Å². The van der Waals surface area contributed by atoms with E-state index in [9.17, 15) is 8.42 Å². The van der Waals surface area contributed by atoms with Gasteiger partial charge in [-0.15, -0.1) is 0 Å². The number of sulfone groups is 1. The average Bonchev–Trinajstić information content (AvgIpc) is 2.41. The first-order valence-corrected chi connectivity index (χ1v) is 5.97. The van der Waals surface area contributed by atoms with Crippen molar-refractivity contribution in [2.45, 2.75) is 11.9 Å². The summed E-state index contributed by atoms with van der Waals surface area (Å²) in [6.45, 7) is 1.70. The molecule has 15 heavy (non-hydrogen) atoms. The van der Waals surface area contributed by atoms with Crippen LogP contribution in [-0.4, -0.2) is 34.6 Å². The van der Waals surface area contributed by atoms with Crippen molar-refractivity contribution in [1.82, 2.24) is 19.9 Å². The molecule has 0 radical (unpaired) electrons. The predicted octanol–water partition coefficient (Wildman–Crippen LogP) is -0.353.